The van der Waals surface area contributed by atoms with Crippen molar-refractivity contribution in [2.75, 3.05) is 13.2 Å². The van der Waals surface area contributed by atoms with E-state index >= 15 is 0 Å². The van der Waals surface area contributed by atoms with E-state index in [1.807, 2.05) is 50.2 Å². The number of hydrogen-bond acceptors (Lipinski definition) is 3. The van der Waals surface area contributed by atoms with Gasteiger partial charge in [0.2, 0.25) is 0 Å². The lowest BCUT2D eigenvalue weighted by atomic mass is 10.2. The Bertz CT molecular complexity index is 726. The maximum absolute atomic E-state index is 9.77. The monoisotopic (exact) mass is 489 g/mol. The van der Waals surface area contributed by atoms with Crippen molar-refractivity contribution in [1.82, 2.24) is 10.6 Å². The predicted molar refractivity (Wildman–Crippen MR) is 118 cm³/mol. The average molecular weight is 490 g/mol. The molecular formula is C19H25ClIN3O2. The number of rotatable bonds is 7. The van der Waals surface area contributed by atoms with Gasteiger partial charge in [0.25, 0.3) is 0 Å². The molecule has 0 spiro atoms. The van der Waals surface area contributed by atoms with Crippen molar-refractivity contribution in [2.24, 2.45) is 4.99 Å². The number of halogens is 2. The number of benzene rings is 2. The highest BCUT2D eigenvalue weighted by atomic mass is 127. The third-order valence-electron chi connectivity index (χ3n) is 3.44. The first-order chi connectivity index (χ1) is 12.1. The maximum atomic E-state index is 9.77. The van der Waals surface area contributed by atoms with Crippen LogP contribution in [0.15, 0.2) is 47.5 Å². The van der Waals surface area contributed by atoms with E-state index in [9.17, 15) is 5.11 Å². The predicted octanol–water partition coefficient (Wildman–Crippen LogP) is 4.32. The first-order valence-electron chi connectivity index (χ1n) is 8.33. The molecule has 7 heteroatoms. The first kappa shape index (κ1) is 22.4. The minimum atomic E-state index is 0. The number of phenolic OH excluding ortho intramolecular Hbond substituents is 1. The van der Waals surface area contributed by atoms with E-state index in [0.717, 1.165) is 17.7 Å². The van der Waals surface area contributed by atoms with Crippen LogP contribution in [0.3, 0.4) is 0 Å². The molecule has 2 aromatic carbocycles. The van der Waals surface area contributed by atoms with Gasteiger partial charge in [-0.2, -0.15) is 0 Å². The lowest BCUT2D eigenvalue weighted by molar-refractivity contribution is 0.317. The summed E-state index contributed by atoms with van der Waals surface area (Å²) in [6, 6.07) is 13.0. The third-order valence-corrected chi connectivity index (χ3v) is 3.67. The zero-order valence-corrected chi connectivity index (χ0v) is 18.0. The standard InChI is InChI=1S/C19H24ClN3O2.HI/c1-3-21-19(22-12-14-6-5-7-16(20)10-14)23-13-15-8-9-17(24)18(11-15)25-4-2;/h5-11,24H,3-4,12-13H2,1-2H3,(H2,21,22,23);1H. The van der Waals surface area contributed by atoms with E-state index in [4.69, 9.17) is 16.3 Å². The van der Waals surface area contributed by atoms with Crippen LogP contribution in [-0.2, 0) is 13.1 Å². The molecular weight excluding hydrogens is 465 g/mol. The van der Waals surface area contributed by atoms with Gasteiger partial charge in [-0.15, -0.1) is 24.0 Å². The molecule has 2 aromatic rings. The highest BCUT2D eigenvalue weighted by Crippen LogP contribution is 2.26. The Kier molecular flexibility index (Phi) is 10.2. The Labute approximate surface area is 176 Å². The molecule has 0 fully saturated rings. The number of nitrogens with zero attached hydrogens (tertiary/aromatic N) is 1. The third kappa shape index (κ3) is 7.29. The number of nitrogens with one attached hydrogen (secondary N) is 2. The van der Waals surface area contributed by atoms with E-state index in [0.29, 0.717) is 36.4 Å². The molecule has 3 N–H and O–H groups in total. The molecule has 142 valence electrons. The van der Waals surface area contributed by atoms with Gasteiger partial charge in [-0.25, -0.2) is 4.99 Å². The Hall–Kier alpha value is -1.67. The molecule has 0 bridgehead atoms. The molecule has 0 aliphatic rings. The molecule has 5 nitrogen and oxygen atoms in total. The summed E-state index contributed by atoms with van der Waals surface area (Å²) >= 11 is 6.00. The summed E-state index contributed by atoms with van der Waals surface area (Å²) in [6.07, 6.45) is 0. The summed E-state index contributed by atoms with van der Waals surface area (Å²) in [7, 11) is 0. The van der Waals surface area contributed by atoms with Crippen LogP contribution in [-0.4, -0.2) is 24.2 Å². The van der Waals surface area contributed by atoms with Crippen molar-refractivity contribution in [3.8, 4) is 11.5 Å². The molecule has 0 amide bonds. The van der Waals surface area contributed by atoms with Gasteiger partial charge < -0.3 is 20.5 Å². The van der Waals surface area contributed by atoms with Crippen LogP contribution in [0.1, 0.15) is 25.0 Å². The van der Waals surface area contributed by atoms with Crippen LogP contribution in [0.5, 0.6) is 11.5 Å². The van der Waals surface area contributed by atoms with Gasteiger partial charge in [0.1, 0.15) is 0 Å². The number of ether oxygens (including phenoxy) is 1. The van der Waals surface area contributed by atoms with Gasteiger partial charge in [0.15, 0.2) is 17.5 Å². The molecule has 0 aliphatic heterocycles. The van der Waals surface area contributed by atoms with Crippen LogP contribution >= 0.6 is 35.6 Å². The molecule has 0 unspecified atom stereocenters. The van der Waals surface area contributed by atoms with Crippen LogP contribution in [0.25, 0.3) is 0 Å². The zero-order valence-electron chi connectivity index (χ0n) is 15.0. The fraction of sp³-hybridized carbons (Fsp3) is 0.316. The van der Waals surface area contributed by atoms with Crippen molar-refractivity contribution in [3.05, 3.63) is 58.6 Å². The first-order valence-corrected chi connectivity index (χ1v) is 8.71. The summed E-state index contributed by atoms with van der Waals surface area (Å²) in [5.41, 5.74) is 2.04. The molecule has 2 rings (SSSR count). The maximum Gasteiger partial charge on any atom is 0.191 e. The second kappa shape index (κ2) is 11.9. The van der Waals surface area contributed by atoms with Gasteiger partial charge in [0, 0.05) is 18.1 Å². The topological polar surface area (TPSA) is 65.9 Å². The highest BCUT2D eigenvalue weighted by molar-refractivity contribution is 14.0. The fourth-order valence-electron chi connectivity index (χ4n) is 2.27. The lowest BCUT2D eigenvalue weighted by Crippen LogP contribution is -2.36. The average Bonchev–Trinajstić information content (AvgIpc) is 2.60. The number of aromatic hydroxyl groups is 1. The van der Waals surface area contributed by atoms with Crippen LogP contribution in [0.2, 0.25) is 5.02 Å². The van der Waals surface area contributed by atoms with Crippen molar-refractivity contribution in [1.29, 1.82) is 0 Å². The molecule has 0 saturated heterocycles. The summed E-state index contributed by atoms with van der Waals surface area (Å²) < 4.78 is 5.41. The van der Waals surface area contributed by atoms with Crippen LogP contribution in [0.4, 0.5) is 0 Å². The van der Waals surface area contributed by atoms with E-state index in [1.54, 1.807) is 6.07 Å². The van der Waals surface area contributed by atoms with E-state index in [1.165, 1.54) is 0 Å². The Morgan fingerprint density at radius 1 is 1.12 bits per heavy atom. The van der Waals surface area contributed by atoms with Crippen molar-refractivity contribution in [3.63, 3.8) is 0 Å². The number of hydrogen-bond donors (Lipinski definition) is 3. The van der Waals surface area contributed by atoms with Gasteiger partial charge in [-0.05, 0) is 49.2 Å². The van der Waals surface area contributed by atoms with Crippen molar-refractivity contribution >= 4 is 41.5 Å². The van der Waals surface area contributed by atoms with Crippen molar-refractivity contribution in [2.45, 2.75) is 26.9 Å². The quantitative estimate of drug-likeness (QED) is 0.308. The molecule has 0 atom stereocenters. The van der Waals surface area contributed by atoms with Gasteiger partial charge in [0.05, 0.1) is 13.2 Å². The zero-order chi connectivity index (χ0) is 18.1. The molecule has 26 heavy (non-hydrogen) atoms. The molecule has 0 aliphatic carbocycles. The Morgan fingerprint density at radius 3 is 2.62 bits per heavy atom. The van der Waals surface area contributed by atoms with Crippen molar-refractivity contribution < 1.29 is 9.84 Å². The van der Waals surface area contributed by atoms with Gasteiger partial charge in [-0.3, -0.25) is 0 Å². The smallest absolute Gasteiger partial charge is 0.191 e. The Morgan fingerprint density at radius 2 is 1.92 bits per heavy atom. The Balaban J connectivity index is 0.00000338. The summed E-state index contributed by atoms with van der Waals surface area (Å²) in [4.78, 5) is 4.57. The lowest BCUT2D eigenvalue weighted by Gasteiger charge is -2.13. The van der Waals surface area contributed by atoms with Gasteiger partial charge in [-0.1, -0.05) is 29.8 Å². The van der Waals surface area contributed by atoms with E-state index in [-0.39, 0.29) is 29.7 Å². The number of aliphatic imine (C=N–C) groups is 1. The molecule has 0 radical (unpaired) electrons. The summed E-state index contributed by atoms with van der Waals surface area (Å²) in [6.45, 7) is 6.28. The molecule has 0 heterocycles. The SMILES string of the molecule is CCNC(=NCc1cccc(Cl)c1)NCc1ccc(O)c(OCC)c1.I. The summed E-state index contributed by atoms with van der Waals surface area (Å²) in [5, 5.41) is 17.0. The van der Waals surface area contributed by atoms with Gasteiger partial charge >= 0.3 is 0 Å². The fourth-order valence-corrected chi connectivity index (χ4v) is 2.49. The van der Waals surface area contributed by atoms with Crippen LogP contribution < -0.4 is 15.4 Å². The number of phenols is 1. The molecule has 0 aromatic heterocycles. The normalized spacial score (nSPS) is 10.8. The van der Waals surface area contributed by atoms with Crippen LogP contribution in [0, 0.1) is 0 Å². The second-order valence-corrected chi connectivity index (χ2v) is 5.85. The highest BCUT2D eigenvalue weighted by Gasteiger charge is 2.05. The minimum absolute atomic E-state index is 0. The minimum Gasteiger partial charge on any atom is -0.504 e. The molecule has 0 saturated carbocycles. The van der Waals surface area contributed by atoms with E-state index in [2.05, 4.69) is 15.6 Å². The largest absolute Gasteiger partial charge is 0.504 e. The summed E-state index contributed by atoms with van der Waals surface area (Å²) in [5.74, 6) is 1.35. The second-order valence-electron chi connectivity index (χ2n) is 5.41. The van der Waals surface area contributed by atoms with E-state index < -0.39 is 0 Å². The number of guanidine groups is 1.